The van der Waals surface area contributed by atoms with Crippen molar-refractivity contribution in [3.63, 3.8) is 0 Å². The molecule has 0 radical (unpaired) electrons. The number of hydrogen-bond acceptors (Lipinski definition) is 5. The molecule has 1 aliphatic rings. The van der Waals surface area contributed by atoms with Gasteiger partial charge in [-0.25, -0.2) is 9.78 Å². The van der Waals surface area contributed by atoms with E-state index in [9.17, 15) is 14.4 Å². The number of aromatic carboxylic acids is 1. The van der Waals surface area contributed by atoms with E-state index in [-0.39, 0.29) is 29.1 Å². The first kappa shape index (κ1) is 11.5. The molecule has 1 saturated heterocycles. The van der Waals surface area contributed by atoms with Gasteiger partial charge >= 0.3 is 5.97 Å². The number of rotatable bonds is 3. The predicted octanol–water partition coefficient (Wildman–Crippen LogP) is -0.540. The lowest BCUT2D eigenvalue weighted by Crippen LogP contribution is -2.36. The fraction of sp³-hybridized carbons (Fsp3) is 0.333. The Morgan fingerprint density at radius 1 is 1.59 bits per heavy atom. The van der Waals surface area contributed by atoms with Gasteiger partial charge in [0.25, 0.3) is 5.91 Å². The van der Waals surface area contributed by atoms with Crippen LogP contribution in [0.15, 0.2) is 5.38 Å². The molecule has 0 bridgehead atoms. The number of amides is 2. The average molecular weight is 255 g/mol. The number of nitrogens with one attached hydrogen (secondary N) is 2. The standard InChI is InChI=1S/C9H9N3O4S/c13-6-1-4(2-10-6)11-7(14)8-12-5(3-17-8)9(15)16/h3-4H,1-2H2,(H,10,13)(H,11,14)(H,15,16). The third kappa shape index (κ3) is 2.59. The Labute approximate surface area is 99.9 Å². The van der Waals surface area contributed by atoms with Crippen molar-refractivity contribution in [3.05, 3.63) is 16.1 Å². The van der Waals surface area contributed by atoms with Gasteiger partial charge in [-0.3, -0.25) is 9.59 Å². The summed E-state index contributed by atoms with van der Waals surface area (Å²) in [6.07, 6.45) is 0.239. The van der Waals surface area contributed by atoms with Crippen molar-refractivity contribution in [3.8, 4) is 0 Å². The molecule has 1 aromatic rings. The summed E-state index contributed by atoms with van der Waals surface area (Å²) in [4.78, 5) is 36.8. The summed E-state index contributed by atoms with van der Waals surface area (Å²) in [5.41, 5.74) is -0.152. The SMILES string of the molecule is O=C1CC(NC(=O)c2nc(C(=O)O)cs2)CN1. The fourth-order valence-corrected chi connectivity index (χ4v) is 2.12. The summed E-state index contributed by atoms with van der Waals surface area (Å²) < 4.78 is 0. The van der Waals surface area contributed by atoms with Crippen molar-refractivity contribution in [2.75, 3.05) is 6.54 Å². The van der Waals surface area contributed by atoms with E-state index in [2.05, 4.69) is 15.6 Å². The summed E-state index contributed by atoms with van der Waals surface area (Å²) in [6.45, 7) is 0.391. The van der Waals surface area contributed by atoms with E-state index in [1.165, 1.54) is 5.38 Å². The molecule has 1 atom stereocenters. The number of aromatic nitrogens is 1. The van der Waals surface area contributed by atoms with Gasteiger partial charge in [-0.2, -0.15) is 0 Å². The number of nitrogens with zero attached hydrogens (tertiary/aromatic N) is 1. The molecular formula is C9H9N3O4S. The second kappa shape index (κ2) is 4.50. The Bertz CT molecular complexity index is 484. The lowest BCUT2D eigenvalue weighted by molar-refractivity contribution is -0.119. The summed E-state index contributed by atoms with van der Waals surface area (Å²) in [5, 5.41) is 15.2. The minimum absolute atomic E-state index is 0.0850. The normalized spacial score (nSPS) is 18.8. The zero-order chi connectivity index (χ0) is 12.4. The van der Waals surface area contributed by atoms with Crippen LogP contribution in [0.3, 0.4) is 0 Å². The molecule has 1 unspecified atom stereocenters. The summed E-state index contributed by atoms with van der Waals surface area (Å²) in [7, 11) is 0. The molecule has 7 nitrogen and oxygen atoms in total. The lowest BCUT2D eigenvalue weighted by atomic mass is 10.2. The van der Waals surface area contributed by atoms with Crippen LogP contribution in [-0.2, 0) is 4.79 Å². The van der Waals surface area contributed by atoms with Gasteiger partial charge in [0.2, 0.25) is 5.91 Å². The highest BCUT2D eigenvalue weighted by Gasteiger charge is 2.24. The molecule has 0 saturated carbocycles. The maximum absolute atomic E-state index is 11.6. The second-order valence-corrected chi connectivity index (χ2v) is 4.38. The highest BCUT2D eigenvalue weighted by molar-refractivity contribution is 7.11. The monoisotopic (exact) mass is 255 g/mol. The molecule has 2 heterocycles. The van der Waals surface area contributed by atoms with E-state index in [0.29, 0.717) is 6.54 Å². The van der Waals surface area contributed by atoms with Gasteiger partial charge in [-0.05, 0) is 0 Å². The summed E-state index contributed by atoms with van der Waals surface area (Å²) in [6, 6.07) is -0.257. The maximum atomic E-state index is 11.6. The topological polar surface area (TPSA) is 108 Å². The largest absolute Gasteiger partial charge is 0.476 e. The number of hydrogen-bond donors (Lipinski definition) is 3. The first-order valence-electron chi connectivity index (χ1n) is 4.82. The van der Waals surface area contributed by atoms with Crippen molar-refractivity contribution in [2.45, 2.75) is 12.5 Å². The number of carbonyl (C=O) groups excluding carboxylic acids is 2. The van der Waals surface area contributed by atoms with Crippen LogP contribution in [0.2, 0.25) is 0 Å². The number of carboxylic acid groups (broad SMARTS) is 1. The van der Waals surface area contributed by atoms with Gasteiger partial charge in [-0.15, -0.1) is 11.3 Å². The zero-order valence-corrected chi connectivity index (χ0v) is 9.41. The fourth-order valence-electron chi connectivity index (χ4n) is 1.43. The van der Waals surface area contributed by atoms with Crippen molar-refractivity contribution in [1.82, 2.24) is 15.6 Å². The van der Waals surface area contributed by atoms with Gasteiger partial charge in [0.1, 0.15) is 0 Å². The van der Waals surface area contributed by atoms with Gasteiger partial charge in [0, 0.05) is 18.3 Å². The molecule has 3 N–H and O–H groups in total. The van der Waals surface area contributed by atoms with E-state index in [1.54, 1.807) is 0 Å². The Kier molecular flexibility index (Phi) is 3.05. The van der Waals surface area contributed by atoms with Crippen molar-refractivity contribution >= 4 is 29.1 Å². The number of carbonyl (C=O) groups is 3. The first-order chi connectivity index (χ1) is 8.06. The second-order valence-electron chi connectivity index (χ2n) is 3.52. The van der Waals surface area contributed by atoms with E-state index in [1.807, 2.05) is 0 Å². The van der Waals surface area contributed by atoms with Crippen LogP contribution < -0.4 is 10.6 Å². The smallest absolute Gasteiger partial charge is 0.355 e. The molecule has 0 spiro atoms. The molecule has 8 heteroatoms. The quantitative estimate of drug-likeness (QED) is 0.672. The first-order valence-corrected chi connectivity index (χ1v) is 5.70. The van der Waals surface area contributed by atoms with Crippen LogP contribution >= 0.6 is 11.3 Å². The molecule has 1 aromatic heterocycles. The average Bonchev–Trinajstić information content (AvgIpc) is 2.86. The van der Waals surface area contributed by atoms with Crippen LogP contribution in [0.5, 0.6) is 0 Å². The van der Waals surface area contributed by atoms with Crippen LogP contribution in [0.1, 0.15) is 26.7 Å². The van der Waals surface area contributed by atoms with Gasteiger partial charge in [-0.1, -0.05) is 0 Å². The van der Waals surface area contributed by atoms with Gasteiger partial charge < -0.3 is 15.7 Å². The van der Waals surface area contributed by atoms with E-state index in [0.717, 1.165) is 11.3 Å². The Balaban J connectivity index is 1.99. The third-order valence-electron chi connectivity index (χ3n) is 2.23. The predicted molar refractivity (Wildman–Crippen MR) is 58.0 cm³/mol. The number of thiazole rings is 1. The number of carboxylic acids is 1. The zero-order valence-electron chi connectivity index (χ0n) is 8.60. The molecule has 90 valence electrons. The van der Waals surface area contributed by atoms with E-state index >= 15 is 0 Å². The molecular weight excluding hydrogens is 246 g/mol. The minimum atomic E-state index is -1.17. The summed E-state index contributed by atoms with van der Waals surface area (Å²) >= 11 is 0.961. The lowest BCUT2D eigenvalue weighted by Gasteiger charge is -2.07. The Hall–Kier alpha value is -1.96. The molecule has 17 heavy (non-hydrogen) atoms. The van der Waals surface area contributed by atoms with Crippen molar-refractivity contribution in [2.24, 2.45) is 0 Å². The van der Waals surface area contributed by atoms with Crippen molar-refractivity contribution < 1.29 is 19.5 Å². The Morgan fingerprint density at radius 3 is 2.88 bits per heavy atom. The molecule has 1 fully saturated rings. The maximum Gasteiger partial charge on any atom is 0.355 e. The molecule has 2 rings (SSSR count). The van der Waals surface area contributed by atoms with Gasteiger partial charge in [0.05, 0.1) is 6.04 Å². The van der Waals surface area contributed by atoms with Crippen LogP contribution in [0.4, 0.5) is 0 Å². The molecule has 2 amide bonds. The van der Waals surface area contributed by atoms with Crippen LogP contribution in [0.25, 0.3) is 0 Å². The van der Waals surface area contributed by atoms with Crippen molar-refractivity contribution in [1.29, 1.82) is 0 Å². The minimum Gasteiger partial charge on any atom is -0.476 e. The Morgan fingerprint density at radius 2 is 2.35 bits per heavy atom. The van der Waals surface area contributed by atoms with Crippen LogP contribution in [-0.4, -0.2) is 40.5 Å². The van der Waals surface area contributed by atoms with E-state index < -0.39 is 11.9 Å². The molecule has 0 aliphatic carbocycles. The molecule has 1 aliphatic heterocycles. The van der Waals surface area contributed by atoms with Gasteiger partial charge in [0.15, 0.2) is 10.7 Å². The third-order valence-corrected chi connectivity index (χ3v) is 3.07. The van der Waals surface area contributed by atoms with Crippen LogP contribution in [0, 0.1) is 0 Å². The highest BCUT2D eigenvalue weighted by atomic mass is 32.1. The highest BCUT2D eigenvalue weighted by Crippen LogP contribution is 2.10. The summed E-state index contributed by atoms with van der Waals surface area (Å²) in [5.74, 6) is -1.73. The molecule has 0 aromatic carbocycles. The van der Waals surface area contributed by atoms with E-state index in [4.69, 9.17) is 5.11 Å².